The molecule has 206 valence electrons. The van der Waals surface area contributed by atoms with Gasteiger partial charge in [0.05, 0.1) is 5.69 Å². The number of ether oxygens (including phenoxy) is 1. The molecule has 0 aliphatic carbocycles. The summed E-state index contributed by atoms with van der Waals surface area (Å²) in [5.41, 5.74) is 9.45. The number of pyridine rings is 1. The van der Waals surface area contributed by atoms with E-state index in [-0.39, 0.29) is 18.4 Å². The number of likely N-dealkylation sites (tertiary alicyclic amines) is 2. The van der Waals surface area contributed by atoms with Gasteiger partial charge in [0.25, 0.3) is 0 Å². The molecule has 2 saturated heterocycles. The molecule has 1 aromatic carbocycles. The van der Waals surface area contributed by atoms with Crippen molar-refractivity contribution in [3.63, 3.8) is 0 Å². The largest absolute Gasteiger partial charge is 0.430 e. The van der Waals surface area contributed by atoms with Crippen LogP contribution in [0.3, 0.4) is 0 Å². The molecule has 1 amide bonds. The Balaban J connectivity index is 1.29. The zero-order chi connectivity index (χ0) is 27.4. The first-order valence-corrected chi connectivity index (χ1v) is 14.4. The summed E-state index contributed by atoms with van der Waals surface area (Å²) in [7, 11) is 2.03. The summed E-state index contributed by atoms with van der Waals surface area (Å²) < 4.78 is 7.74. The normalized spacial score (nSPS) is 22.4. The van der Waals surface area contributed by atoms with Gasteiger partial charge in [-0.05, 0) is 99.7 Å². The van der Waals surface area contributed by atoms with Gasteiger partial charge in [-0.15, -0.1) is 0 Å². The lowest BCUT2D eigenvalue weighted by Gasteiger charge is -2.38. The van der Waals surface area contributed by atoms with Crippen molar-refractivity contribution in [2.75, 3.05) is 20.1 Å². The molecule has 8 nitrogen and oxygen atoms in total. The zero-order valence-electron chi connectivity index (χ0n) is 24.0. The molecular formula is C31H40N6O2. The standard InChI is InChI=1S/C31H40N6O2/c1-18(2)28-24-15-22(23-11-13-36(19(3)14-23)31(38)39-27-8-7-12-35(27)6)9-10-26(24)34-29(28)25-16-37-30(32-17-33-37)21(5)20(25)4/h9-10,15-19,23,27,34H,7-8,11-14H2,1-6H3. The van der Waals surface area contributed by atoms with E-state index in [1.54, 1.807) is 6.33 Å². The summed E-state index contributed by atoms with van der Waals surface area (Å²) in [6.07, 6.45) is 7.37. The van der Waals surface area contributed by atoms with Gasteiger partial charge in [-0.1, -0.05) is 19.9 Å². The first-order valence-electron chi connectivity index (χ1n) is 14.4. The summed E-state index contributed by atoms with van der Waals surface area (Å²) in [4.78, 5) is 25.2. The van der Waals surface area contributed by atoms with Gasteiger partial charge >= 0.3 is 6.09 Å². The quantitative estimate of drug-likeness (QED) is 0.333. The van der Waals surface area contributed by atoms with Gasteiger partial charge in [0, 0.05) is 41.8 Å². The van der Waals surface area contributed by atoms with Crippen LogP contribution in [0.25, 0.3) is 27.8 Å². The summed E-state index contributed by atoms with van der Waals surface area (Å²) >= 11 is 0. The van der Waals surface area contributed by atoms with Crippen LogP contribution in [0, 0.1) is 13.8 Å². The Bertz CT molecular complexity index is 1540. The molecule has 39 heavy (non-hydrogen) atoms. The van der Waals surface area contributed by atoms with Crippen LogP contribution in [0.1, 0.15) is 80.5 Å². The highest BCUT2D eigenvalue weighted by Gasteiger charge is 2.33. The summed E-state index contributed by atoms with van der Waals surface area (Å²) in [6.45, 7) is 12.7. The van der Waals surface area contributed by atoms with E-state index in [9.17, 15) is 4.79 Å². The van der Waals surface area contributed by atoms with E-state index in [0.717, 1.165) is 61.2 Å². The second-order valence-electron chi connectivity index (χ2n) is 11.9. The Kier molecular flexibility index (Phi) is 6.61. The van der Waals surface area contributed by atoms with Crippen LogP contribution in [0.5, 0.6) is 0 Å². The van der Waals surface area contributed by atoms with Crippen LogP contribution in [-0.2, 0) is 4.74 Å². The number of amides is 1. The van der Waals surface area contributed by atoms with Crippen molar-refractivity contribution < 1.29 is 9.53 Å². The van der Waals surface area contributed by atoms with Gasteiger partial charge in [-0.25, -0.2) is 14.3 Å². The maximum Gasteiger partial charge on any atom is 0.411 e. The molecule has 4 aromatic rings. The number of carbonyl (C=O) groups excluding carboxylic acids is 1. The fourth-order valence-corrected chi connectivity index (χ4v) is 6.71. The third-order valence-corrected chi connectivity index (χ3v) is 9.11. The molecule has 0 spiro atoms. The molecule has 8 heteroatoms. The van der Waals surface area contributed by atoms with Crippen molar-refractivity contribution in [3.8, 4) is 11.3 Å². The summed E-state index contributed by atoms with van der Waals surface area (Å²) in [5, 5.41) is 5.70. The van der Waals surface area contributed by atoms with Crippen molar-refractivity contribution >= 4 is 22.6 Å². The molecule has 6 rings (SSSR count). The number of nitrogens with one attached hydrogen (secondary N) is 1. The molecule has 3 aromatic heterocycles. The Morgan fingerprint density at radius 2 is 1.97 bits per heavy atom. The molecule has 2 aliphatic rings. The predicted molar refractivity (Wildman–Crippen MR) is 154 cm³/mol. The predicted octanol–water partition coefficient (Wildman–Crippen LogP) is 6.37. The topological polar surface area (TPSA) is 78.8 Å². The minimum atomic E-state index is -0.164. The maximum atomic E-state index is 13.0. The highest BCUT2D eigenvalue weighted by molar-refractivity contribution is 5.92. The number of aromatic nitrogens is 4. The monoisotopic (exact) mass is 528 g/mol. The fourth-order valence-electron chi connectivity index (χ4n) is 6.71. The van der Waals surface area contributed by atoms with Crippen molar-refractivity contribution in [3.05, 3.63) is 53.0 Å². The average Bonchev–Trinajstić information content (AvgIpc) is 3.64. The number of fused-ring (bicyclic) bond motifs is 2. The Hall–Kier alpha value is -3.39. The van der Waals surface area contributed by atoms with E-state index in [2.05, 4.69) is 79.0 Å². The number of aryl methyl sites for hydroxylation is 1. The van der Waals surface area contributed by atoms with Gasteiger partial charge in [0.15, 0.2) is 11.9 Å². The lowest BCUT2D eigenvalue weighted by molar-refractivity contribution is -0.00553. The molecule has 0 bridgehead atoms. The number of rotatable bonds is 4. The maximum absolute atomic E-state index is 13.0. The molecule has 0 saturated carbocycles. The zero-order valence-corrected chi connectivity index (χ0v) is 24.0. The SMILES string of the molecule is Cc1c(-c2[nH]c3ccc(C4CCN(C(=O)OC5CCCN5C)C(C)C4)cc3c2C(C)C)cn2ncnc2c1C. The molecule has 1 N–H and O–H groups in total. The number of aromatic amines is 1. The van der Waals surface area contributed by atoms with Crippen LogP contribution in [-0.4, -0.2) is 67.9 Å². The first kappa shape index (κ1) is 25.9. The number of H-pyrrole nitrogens is 1. The lowest BCUT2D eigenvalue weighted by Crippen LogP contribution is -2.46. The van der Waals surface area contributed by atoms with Crippen molar-refractivity contribution in [2.45, 2.75) is 84.4 Å². The van der Waals surface area contributed by atoms with Gasteiger partial charge in [-0.3, -0.25) is 4.90 Å². The van der Waals surface area contributed by atoms with E-state index in [1.165, 1.54) is 27.6 Å². The Morgan fingerprint density at radius 3 is 2.69 bits per heavy atom. The number of hydrogen-bond acceptors (Lipinski definition) is 5. The smallest absolute Gasteiger partial charge is 0.411 e. The van der Waals surface area contributed by atoms with E-state index in [0.29, 0.717) is 11.8 Å². The minimum absolute atomic E-state index is 0.0836. The van der Waals surface area contributed by atoms with Gasteiger partial charge in [0.1, 0.15) is 6.33 Å². The van der Waals surface area contributed by atoms with E-state index >= 15 is 0 Å². The number of piperidine rings is 1. The summed E-state index contributed by atoms with van der Waals surface area (Å²) in [5.74, 6) is 0.760. The molecule has 2 aliphatic heterocycles. The Labute approximate surface area is 230 Å². The number of hydrogen-bond donors (Lipinski definition) is 1. The van der Waals surface area contributed by atoms with Crippen molar-refractivity contribution in [2.24, 2.45) is 0 Å². The fraction of sp³-hybridized carbons (Fsp3) is 0.516. The first-order chi connectivity index (χ1) is 18.7. The number of nitrogens with zero attached hydrogens (tertiary/aromatic N) is 5. The minimum Gasteiger partial charge on any atom is -0.430 e. The summed E-state index contributed by atoms with van der Waals surface area (Å²) in [6, 6.07) is 7.03. The van der Waals surface area contributed by atoms with Crippen LogP contribution < -0.4 is 0 Å². The van der Waals surface area contributed by atoms with Crippen LogP contribution in [0.15, 0.2) is 30.7 Å². The highest BCUT2D eigenvalue weighted by atomic mass is 16.6. The lowest BCUT2D eigenvalue weighted by atomic mass is 9.84. The van der Waals surface area contributed by atoms with Crippen LogP contribution in [0.4, 0.5) is 4.79 Å². The Morgan fingerprint density at radius 1 is 1.15 bits per heavy atom. The van der Waals surface area contributed by atoms with Crippen molar-refractivity contribution in [1.82, 2.24) is 29.4 Å². The van der Waals surface area contributed by atoms with Gasteiger partial charge in [-0.2, -0.15) is 5.10 Å². The highest BCUT2D eigenvalue weighted by Crippen LogP contribution is 2.40. The molecule has 2 fully saturated rings. The van der Waals surface area contributed by atoms with Gasteiger partial charge < -0.3 is 14.6 Å². The molecule has 0 radical (unpaired) electrons. The third-order valence-electron chi connectivity index (χ3n) is 9.11. The van der Waals surface area contributed by atoms with Crippen LogP contribution >= 0.6 is 0 Å². The molecule has 3 unspecified atom stereocenters. The third kappa shape index (κ3) is 4.48. The second-order valence-corrected chi connectivity index (χ2v) is 11.9. The van der Waals surface area contributed by atoms with E-state index in [4.69, 9.17) is 4.74 Å². The van der Waals surface area contributed by atoms with E-state index < -0.39 is 0 Å². The van der Waals surface area contributed by atoms with Gasteiger partial charge in [0.2, 0.25) is 0 Å². The molecule has 3 atom stereocenters. The molecular weight excluding hydrogens is 488 g/mol. The number of carbonyl (C=O) groups is 1. The van der Waals surface area contributed by atoms with E-state index in [1.807, 2.05) is 16.5 Å². The van der Waals surface area contributed by atoms with Crippen LogP contribution in [0.2, 0.25) is 0 Å². The average molecular weight is 529 g/mol. The number of benzene rings is 1. The van der Waals surface area contributed by atoms with Crippen molar-refractivity contribution in [1.29, 1.82) is 0 Å². The molecule has 5 heterocycles. The second kappa shape index (κ2) is 9.97.